The summed E-state index contributed by atoms with van der Waals surface area (Å²) < 4.78 is 1.02. The fraction of sp³-hybridized carbons (Fsp3) is 0.200. The second-order valence-electron chi connectivity index (χ2n) is 3.08. The topological polar surface area (TPSA) is 68.0 Å². The maximum atomic E-state index is 11.6. The number of carbonyl (C=O) groups is 1. The molecule has 0 unspecified atom stereocenters. The Hall–Kier alpha value is -1.46. The Labute approximate surface area is 91.1 Å². The summed E-state index contributed by atoms with van der Waals surface area (Å²) in [5.74, 6) is -0.0873. The zero-order chi connectivity index (χ0) is 10.7. The number of carbonyl (C=O) groups excluding carboxylic acids is 1. The SMILES string of the molecule is NCCNC(=O)c1ccc2ncsc2c1. The lowest BCUT2D eigenvalue weighted by Gasteiger charge is -2.02. The van der Waals surface area contributed by atoms with Gasteiger partial charge in [0.15, 0.2) is 0 Å². The molecule has 15 heavy (non-hydrogen) atoms. The van der Waals surface area contributed by atoms with Crippen LogP contribution in [-0.2, 0) is 0 Å². The predicted molar refractivity (Wildman–Crippen MR) is 61.0 cm³/mol. The summed E-state index contributed by atoms with van der Waals surface area (Å²) in [4.78, 5) is 15.7. The molecule has 0 radical (unpaired) electrons. The quantitative estimate of drug-likeness (QED) is 0.812. The van der Waals surface area contributed by atoms with Gasteiger partial charge < -0.3 is 11.1 Å². The largest absolute Gasteiger partial charge is 0.351 e. The third kappa shape index (κ3) is 2.14. The van der Waals surface area contributed by atoms with Gasteiger partial charge in [-0.25, -0.2) is 4.98 Å². The van der Waals surface area contributed by atoms with Gasteiger partial charge in [-0.2, -0.15) is 0 Å². The first kappa shape index (κ1) is 10.1. The molecule has 0 aliphatic rings. The average molecular weight is 221 g/mol. The van der Waals surface area contributed by atoms with Crippen molar-refractivity contribution in [3.63, 3.8) is 0 Å². The summed E-state index contributed by atoms with van der Waals surface area (Å²) >= 11 is 1.53. The summed E-state index contributed by atoms with van der Waals surface area (Å²) in [6.07, 6.45) is 0. The van der Waals surface area contributed by atoms with E-state index in [9.17, 15) is 4.79 Å². The zero-order valence-electron chi connectivity index (χ0n) is 8.06. The van der Waals surface area contributed by atoms with Gasteiger partial charge >= 0.3 is 0 Å². The van der Waals surface area contributed by atoms with Gasteiger partial charge in [0.1, 0.15) is 0 Å². The van der Waals surface area contributed by atoms with Crippen molar-refractivity contribution >= 4 is 27.5 Å². The Kier molecular flexibility index (Phi) is 2.94. The molecule has 0 aliphatic carbocycles. The molecule has 78 valence electrons. The van der Waals surface area contributed by atoms with Gasteiger partial charge in [-0.15, -0.1) is 11.3 Å². The molecule has 3 N–H and O–H groups in total. The number of nitrogens with one attached hydrogen (secondary N) is 1. The van der Waals surface area contributed by atoms with Gasteiger partial charge in [0.05, 0.1) is 15.7 Å². The van der Waals surface area contributed by atoms with Crippen molar-refractivity contribution in [2.24, 2.45) is 5.73 Å². The van der Waals surface area contributed by atoms with E-state index in [4.69, 9.17) is 5.73 Å². The van der Waals surface area contributed by atoms with Gasteiger partial charge in [0.25, 0.3) is 5.91 Å². The van der Waals surface area contributed by atoms with E-state index in [1.54, 1.807) is 11.6 Å². The normalized spacial score (nSPS) is 10.5. The first-order chi connectivity index (χ1) is 7.31. The van der Waals surface area contributed by atoms with Crippen LogP contribution < -0.4 is 11.1 Å². The van der Waals surface area contributed by atoms with E-state index in [0.717, 1.165) is 10.2 Å². The minimum atomic E-state index is -0.0873. The molecule has 1 amide bonds. The van der Waals surface area contributed by atoms with Crippen molar-refractivity contribution < 1.29 is 4.79 Å². The molecule has 2 aromatic rings. The van der Waals surface area contributed by atoms with Crippen LogP contribution in [0, 0.1) is 0 Å². The highest BCUT2D eigenvalue weighted by Crippen LogP contribution is 2.18. The van der Waals surface area contributed by atoms with Crippen molar-refractivity contribution in [3.8, 4) is 0 Å². The van der Waals surface area contributed by atoms with Gasteiger partial charge in [0.2, 0.25) is 0 Å². The van der Waals surface area contributed by atoms with Crippen LogP contribution in [0.2, 0.25) is 0 Å². The number of rotatable bonds is 3. The molecule has 0 spiro atoms. The Morgan fingerprint density at radius 2 is 2.40 bits per heavy atom. The molecule has 5 heteroatoms. The highest BCUT2D eigenvalue weighted by atomic mass is 32.1. The summed E-state index contributed by atoms with van der Waals surface area (Å²) in [6, 6.07) is 5.47. The van der Waals surface area contributed by atoms with Crippen molar-refractivity contribution in [1.29, 1.82) is 0 Å². The van der Waals surface area contributed by atoms with Crippen LogP contribution in [0.5, 0.6) is 0 Å². The van der Waals surface area contributed by atoms with Crippen molar-refractivity contribution in [3.05, 3.63) is 29.3 Å². The number of aromatic nitrogens is 1. The molecule has 0 bridgehead atoms. The first-order valence-electron chi connectivity index (χ1n) is 4.63. The maximum absolute atomic E-state index is 11.6. The van der Waals surface area contributed by atoms with E-state index in [0.29, 0.717) is 18.7 Å². The van der Waals surface area contributed by atoms with Crippen LogP contribution in [0.25, 0.3) is 10.2 Å². The van der Waals surface area contributed by atoms with Crippen molar-refractivity contribution in [2.45, 2.75) is 0 Å². The van der Waals surface area contributed by atoms with E-state index >= 15 is 0 Å². The summed E-state index contributed by atoms with van der Waals surface area (Å²) in [5.41, 5.74) is 8.66. The van der Waals surface area contributed by atoms with Crippen LogP contribution in [0.3, 0.4) is 0 Å². The average Bonchev–Trinajstić information content (AvgIpc) is 2.72. The van der Waals surface area contributed by atoms with Crippen LogP contribution in [0.1, 0.15) is 10.4 Å². The van der Waals surface area contributed by atoms with Crippen LogP contribution >= 0.6 is 11.3 Å². The number of nitrogens with zero attached hydrogens (tertiary/aromatic N) is 1. The summed E-state index contributed by atoms with van der Waals surface area (Å²) in [5, 5.41) is 2.73. The lowest BCUT2D eigenvalue weighted by molar-refractivity contribution is 0.0955. The van der Waals surface area contributed by atoms with Gasteiger partial charge in [0, 0.05) is 18.7 Å². The van der Waals surface area contributed by atoms with Gasteiger partial charge in [-0.1, -0.05) is 0 Å². The second kappa shape index (κ2) is 4.37. The highest BCUT2D eigenvalue weighted by Gasteiger charge is 2.05. The number of benzene rings is 1. The Morgan fingerprint density at radius 3 is 3.20 bits per heavy atom. The number of nitrogens with two attached hydrogens (primary N) is 1. The Balaban J connectivity index is 2.23. The molecule has 0 fully saturated rings. The van der Waals surface area contributed by atoms with E-state index in [1.165, 1.54) is 11.3 Å². The fourth-order valence-corrected chi connectivity index (χ4v) is 2.00. The molecule has 0 aliphatic heterocycles. The van der Waals surface area contributed by atoms with E-state index in [2.05, 4.69) is 10.3 Å². The Bertz CT molecular complexity index is 480. The fourth-order valence-electron chi connectivity index (χ4n) is 1.28. The molecule has 0 saturated heterocycles. The lowest BCUT2D eigenvalue weighted by atomic mass is 10.2. The number of thiazole rings is 1. The lowest BCUT2D eigenvalue weighted by Crippen LogP contribution is -2.28. The summed E-state index contributed by atoms with van der Waals surface area (Å²) in [7, 11) is 0. The molecule has 1 aromatic carbocycles. The standard InChI is InChI=1S/C10H11N3OS/c11-3-4-12-10(14)7-1-2-8-9(5-7)15-6-13-8/h1-2,5-6H,3-4,11H2,(H,12,14). The highest BCUT2D eigenvalue weighted by molar-refractivity contribution is 7.16. The van der Waals surface area contributed by atoms with Crippen molar-refractivity contribution in [1.82, 2.24) is 10.3 Å². The van der Waals surface area contributed by atoms with Gasteiger partial charge in [-0.3, -0.25) is 4.79 Å². The number of hydrogen-bond acceptors (Lipinski definition) is 4. The van der Waals surface area contributed by atoms with E-state index in [-0.39, 0.29) is 5.91 Å². The van der Waals surface area contributed by atoms with E-state index in [1.807, 2.05) is 12.1 Å². The van der Waals surface area contributed by atoms with Crippen LogP contribution in [-0.4, -0.2) is 24.0 Å². The molecule has 1 aromatic heterocycles. The predicted octanol–water partition coefficient (Wildman–Crippen LogP) is 0.985. The monoisotopic (exact) mass is 221 g/mol. The van der Waals surface area contributed by atoms with E-state index < -0.39 is 0 Å². The van der Waals surface area contributed by atoms with Gasteiger partial charge in [-0.05, 0) is 18.2 Å². The minimum absolute atomic E-state index is 0.0873. The third-order valence-electron chi connectivity index (χ3n) is 2.02. The molecule has 0 atom stereocenters. The zero-order valence-corrected chi connectivity index (χ0v) is 8.88. The molecular formula is C10H11N3OS. The molecule has 0 saturated carbocycles. The third-order valence-corrected chi connectivity index (χ3v) is 2.82. The maximum Gasteiger partial charge on any atom is 0.251 e. The molecular weight excluding hydrogens is 210 g/mol. The minimum Gasteiger partial charge on any atom is -0.351 e. The number of fused-ring (bicyclic) bond motifs is 1. The summed E-state index contributed by atoms with van der Waals surface area (Å²) in [6.45, 7) is 0.952. The van der Waals surface area contributed by atoms with Crippen molar-refractivity contribution in [2.75, 3.05) is 13.1 Å². The Morgan fingerprint density at radius 1 is 1.53 bits per heavy atom. The smallest absolute Gasteiger partial charge is 0.251 e. The number of amides is 1. The van der Waals surface area contributed by atoms with Crippen LogP contribution in [0.4, 0.5) is 0 Å². The second-order valence-corrected chi connectivity index (χ2v) is 3.97. The molecule has 2 rings (SSSR count). The van der Waals surface area contributed by atoms with Crippen LogP contribution in [0.15, 0.2) is 23.7 Å². The first-order valence-corrected chi connectivity index (χ1v) is 5.51. The molecule has 1 heterocycles. The number of hydrogen-bond donors (Lipinski definition) is 2. The molecule has 4 nitrogen and oxygen atoms in total.